The summed E-state index contributed by atoms with van der Waals surface area (Å²) in [6, 6.07) is 0. The van der Waals surface area contributed by atoms with Gasteiger partial charge < -0.3 is 0 Å². The minimum Gasteiger partial charge on any atom is -0.0963 e. The molecule has 2 saturated carbocycles. The second-order valence-electron chi connectivity index (χ2n) is 6.22. The van der Waals surface area contributed by atoms with Crippen molar-refractivity contribution in [1.29, 1.82) is 0 Å². The fraction of sp³-hybridized carbons (Fsp3) is 1.00. The Morgan fingerprint density at radius 2 is 1.73 bits per heavy atom. The number of fused-ring (bicyclic) bond motifs is 2. The maximum Gasteiger partial charge on any atom is 0.0624 e. The van der Waals surface area contributed by atoms with E-state index in [9.17, 15) is 0 Å². The molecule has 0 saturated heterocycles. The van der Waals surface area contributed by atoms with E-state index in [1.54, 1.807) is 0 Å². The van der Waals surface area contributed by atoms with Gasteiger partial charge >= 0.3 is 0 Å². The number of rotatable bonds is 2. The molecule has 0 heterocycles. The summed E-state index contributed by atoms with van der Waals surface area (Å²) in [6.45, 7) is 4.29. The van der Waals surface area contributed by atoms with Crippen LogP contribution >= 0.6 is 0 Å². The van der Waals surface area contributed by atoms with Gasteiger partial charge in [-0.2, -0.15) is 0 Å². The largest absolute Gasteiger partial charge is 0.0963 e. The maximum atomic E-state index is 6.24. The van der Waals surface area contributed by atoms with E-state index in [1.165, 1.54) is 38.5 Å². The molecule has 2 bridgehead atoms. The highest BCUT2D eigenvalue weighted by molar-refractivity contribution is 6.40. The van der Waals surface area contributed by atoms with Crippen molar-refractivity contribution in [2.75, 3.05) is 0 Å². The summed E-state index contributed by atoms with van der Waals surface area (Å²) in [5.74, 6) is 1.81. The number of hydrogen-bond acceptors (Lipinski definition) is 0. The van der Waals surface area contributed by atoms with Gasteiger partial charge in [-0.15, -0.1) is 0 Å². The van der Waals surface area contributed by atoms with Crippen LogP contribution in [0.5, 0.6) is 0 Å². The third-order valence-corrected chi connectivity index (χ3v) is 5.07. The smallest absolute Gasteiger partial charge is 0.0624 e. The topological polar surface area (TPSA) is 0 Å². The monoisotopic (exact) mass is 200 g/mol. The molecule has 4 radical (unpaired) electrons. The van der Waals surface area contributed by atoms with E-state index >= 15 is 0 Å². The van der Waals surface area contributed by atoms with Gasteiger partial charge in [-0.1, -0.05) is 44.7 Å². The lowest BCUT2D eigenvalue weighted by molar-refractivity contribution is 0.0389. The highest BCUT2D eigenvalue weighted by Crippen LogP contribution is 2.58. The molecule has 15 heavy (non-hydrogen) atoms. The molecule has 0 aromatic rings. The minimum atomic E-state index is -0.490. The van der Waals surface area contributed by atoms with Crippen LogP contribution in [0.25, 0.3) is 0 Å². The standard InChI is InChI=1S/C13H22B2/c1-3-13(12(2,14)15)8-10-5-4-6-11(7-10)9-13/h10-11H,3-9H2,1-2H3. The molecule has 2 heteroatoms. The average Bonchev–Trinajstić information content (AvgIpc) is 2.15. The van der Waals surface area contributed by atoms with Crippen LogP contribution < -0.4 is 0 Å². The van der Waals surface area contributed by atoms with Crippen LogP contribution in [0.2, 0.25) is 5.21 Å². The second kappa shape index (κ2) is 3.86. The summed E-state index contributed by atoms with van der Waals surface area (Å²) in [4.78, 5) is 0. The summed E-state index contributed by atoms with van der Waals surface area (Å²) < 4.78 is 0. The molecule has 0 spiro atoms. The maximum absolute atomic E-state index is 6.24. The molecule has 0 amide bonds. The van der Waals surface area contributed by atoms with Gasteiger partial charge in [0, 0.05) is 0 Å². The van der Waals surface area contributed by atoms with Gasteiger partial charge in [-0.25, -0.2) is 0 Å². The van der Waals surface area contributed by atoms with Gasteiger partial charge in [0.25, 0.3) is 0 Å². The summed E-state index contributed by atoms with van der Waals surface area (Å²) in [7, 11) is 12.5. The first kappa shape index (κ1) is 11.6. The Bertz CT molecular complexity index is 217. The molecule has 80 valence electrons. The first-order valence-corrected chi connectivity index (χ1v) is 6.54. The first-order valence-electron chi connectivity index (χ1n) is 6.54. The van der Waals surface area contributed by atoms with Crippen molar-refractivity contribution < 1.29 is 0 Å². The van der Waals surface area contributed by atoms with Crippen LogP contribution in [0.4, 0.5) is 0 Å². The normalized spacial score (nSPS) is 41.5. The third-order valence-electron chi connectivity index (χ3n) is 5.07. The van der Waals surface area contributed by atoms with Gasteiger partial charge in [-0.05, 0) is 36.5 Å². The van der Waals surface area contributed by atoms with Crippen molar-refractivity contribution in [3.8, 4) is 0 Å². The van der Waals surface area contributed by atoms with Gasteiger partial charge in [0.15, 0.2) is 0 Å². The van der Waals surface area contributed by atoms with Crippen molar-refractivity contribution in [1.82, 2.24) is 0 Å². The molecule has 2 aliphatic rings. The Balaban J connectivity index is 2.20. The average molecular weight is 200 g/mol. The van der Waals surface area contributed by atoms with E-state index in [4.69, 9.17) is 15.7 Å². The highest BCUT2D eigenvalue weighted by Gasteiger charge is 2.46. The number of hydrogen-bond donors (Lipinski definition) is 0. The van der Waals surface area contributed by atoms with Crippen molar-refractivity contribution in [2.24, 2.45) is 17.3 Å². The molecule has 2 unspecified atom stereocenters. The van der Waals surface area contributed by atoms with Crippen LogP contribution in [0, 0.1) is 17.3 Å². The molecular weight excluding hydrogens is 178 g/mol. The van der Waals surface area contributed by atoms with Crippen molar-refractivity contribution in [3.63, 3.8) is 0 Å². The molecule has 2 aliphatic carbocycles. The van der Waals surface area contributed by atoms with Gasteiger partial charge in [0.2, 0.25) is 0 Å². The van der Waals surface area contributed by atoms with Crippen LogP contribution in [0.3, 0.4) is 0 Å². The van der Waals surface area contributed by atoms with Crippen LogP contribution in [-0.4, -0.2) is 15.7 Å². The van der Waals surface area contributed by atoms with E-state index in [0.717, 1.165) is 18.3 Å². The van der Waals surface area contributed by atoms with Gasteiger partial charge in [0.05, 0.1) is 15.7 Å². The van der Waals surface area contributed by atoms with E-state index in [2.05, 4.69) is 6.92 Å². The second-order valence-corrected chi connectivity index (χ2v) is 6.22. The van der Waals surface area contributed by atoms with Crippen molar-refractivity contribution in [2.45, 2.75) is 64.0 Å². The van der Waals surface area contributed by atoms with Crippen LogP contribution in [0.15, 0.2) is 0 Å². The van der Waals surface area contributed by atoms with Crippen LogP contribution in [-0.2, 0) is 0 Å². The summed E-state index contributed by atoms with van der Waals surface area (Å²) in [5, 5.41) is -0.490. The lowest BCUT2D eigenvalue weighted by atomic mass is 9.37. The van der Waals surface area contributed by atoms with Gasteiger partial charge in [0.1, 0.15) is 0 Å². The molecule has 2 fully saturated rings. The minimum absolute atomic E-state index is 0.209. The Morgan fingerprint density at radius 3 is 2.13 bits per heavy atom. The summed E-state index contributed by atoms with van der Waals surface area (Å²) in [6.07, 6.45) is 9.37. The molecule has 2 atom stereocenters. The molecule has 0 aromatic carbocycles. The van der Waals surface area contributed by atoms with Crippen LogP contribution in [0.1, 0.15) is 58.8 Å². The zero-order chi connectivity index (χ0) is 11.1. The molecule has 0 aliphatic heterocycles. The summed E-state index contributed by atoms with van der Waals surface area (Å²) >= 11 is 0. The lowest BCUT2D eigenvalue weighted by Gasteiger charge is -2.54. The Hall–Kier alpha value is 0.130. The molecule has 0 nitrogen and oxygen atoms in total. The fourth-order valence-electron chi connectivity index (χ4n) is 4.07. The highest BCUT2D eigenvalue weighted by atomic mass is 14.5. The Morgan fingerprint density at radius 1 is 1.20 bits per heavy atom. The molecule has 0 N–H and O–H groups in total. The third kappa shape index (κ3) is 2.01. The Kier molecular flexibility index (Phi) is 2.99. The van der Waals surface area contributed by atoms with E-state index in [1.807, 2.05) is 6.92 Å². The SMILES string of the molecule is [B]C([B])(C)C1(CC)CC2CCCC(C2)C1. The molecular formula is C13H22B2. The summed E-state index contributed by atoms with van der Waals surface area (Å²) in [5.41, 5.74) is 0.209. The predicted octanol–water partition coefficient (Wildman–Crippen LogP) is 3.46. The van der Waals surface area contributed by atoms with E-state index < -0.39 is 5.21 Å². The fourth-order valence-corrected chi connectivity index (χ4v) is 4.07. The van der Waals surface area contributed by atoms with Gasteiger partial charge in [-0.3, -0.25) is 0 Å². The zero-order valence-corrected chi connectivity index (χ0v) is 10.3. The Labute approximate surface area is 97.4 Å². The van der Waals surface area contributed by atoms with E-state index in [-0.39, 0.29) is 5.41 Å². The predicted molar refractivity (Wildman–Crippen MR) is 67.3 cm³/mol. The first-order chi connectivity index (χ1) is 6.97. The van der Waals surface area contributed by atoms with E-state index in [0.29, 0.717) is 0 Å². The quantitative estimate of drug-likeness (QED) is 0.598. The van der Waals surface area contributed by atoms with Crippen molar-refractivity contribution >= 4 is 15.7 Å². The molecule has 0 aromatic heterocycles. The lowest BCUT2D eigenvalue weighted by Crippen LogP contribution is -2.43. The molecule has 2 rings (SSSR count). The van der Waals surface area contributed by atoms with Crippen molar-refractivity contribution in [3.05, 3.63) is 0 Å². The zero-order valence-electron chi connectivity index (χ0n) is 10.3.